The lowest BCUT2D eigenvalue weighted by Crippen LogP contribution is -2.28. The van der Waals surface area contributed by atoms with Crippen molar-refractivity contribution in [3.8, 4) is 0 Å². The van der Waals surface area contributed by atoms with Gasteiger partial charge >= 0.3 is 0 Å². The normalized spacial score (nSPS) is 10.2. The zero-order valence-electron chi connectivity index (χ0n) is 11.4. The molecule has 0 aromatic heterocycles. The average molecular weight is 280 g/mol. The van der Waals surface area contributed by atoms with Crippen molar-refractivity contribution in [2.75, 3.05) is 25.2 Å². The topological polar surface area (TPSA) is 55.6 Å². The van der Waals surface area contributed by atoms with Gasteiger partial charge in [0.2, 0.25) is 5.91 Å². The Morgan fingerprint density at radius 2 is 2.11 bits per heavy atom. The van der Waals surface area contributed by atoms with E-state index >= 15 is 0 Å². The van der Waals surface area contributed by atoms with Gasteiger partial charge in [-0.2, -0.15) is 0 Å². The Kier molecular flexibility index (Phi) is 6.45. The number of thiocarbonyl (C=S) groups is 1. The van der Waals surface area contributed by atoms with Crippen molar-refractivity contribution in [2.24, 2.45) is 5.73 Å². The van der Waals surface area contributed by atoms with Crippen LogP contribution in [0.4, 0.5) is 5.69 Å². The summed E-state index contributed by atoms with van der Waals surface area (Å²) < 4.78 is 5.22. The average Bonchev–Trinajstić information content (AvgIpc) is 2.42. The Morgan fingerprint density at radius 3 is 2.74 bits per heavy atom. The van der Waals surface area contributed by atoms with E-state index < -0.39 is 0 Å². The molecule has 0 aliphatic rings. The zero-order chi connectivity index (χ0) is 14.3. The summed E-state index contributed by atoms with van der Waals surface area (Å²) >= 11 is 5.00. The molecule has 1 rings (SSSR count). The second kappa shape index (κ2) is 7.86. The maximum absolute atomic E-state index is 12.1. The number of anilines is 1. The number of nitrogens with zero attached hydrogens (tertiary/aromatic N) is 1. The third kappa shape index (κ3) is 4.61. The van der Waals surface area contributed by atoms with Crippen LogP contribution in [-0.4, -0.2) is 31.2 Å². The number of amides is 1. The highest BCUT2D eigenvalue weighted by Gasteiger charge is 2.14. The summed E-state index contributed by atoms with van der Waals surface area (Å²) in [6.45, 7) is 3.22. The fraction of sp³-hybridized carbons (Fsp3) is 0.429. The summed E-state index contributed by atoms with van der Waals surface area (Å²) in [5, 5.41) is 0. The van der Waals surface area contributed by atoms with Crippen LogP contribution in [0.2, 0.25) is 0 Å². The first-order valence-corrected chi connectivity index (χ1v) is 6.71. The van der Waals surface area contributed by atoms with Gasteiger partial charge in [0.1, 0.15) is 4.99 Å². The van der Waals surface area contributed by atoms with E-state index in [1.54, 1.807) is 11.9 Å². The van der Waals surface area contributed by atoms with Gasteiger partial charge in [0.15, 0.2) is 0 Å². The van der Waals surface area contributed by atoms with Crippen molar-refractivity contribution < 1.29 is 9.53 Å². The molecule has 0 unspecified atom stereocenters. The fourth-order valence-corrected chi connectivity index (χ4v) is 1.92. The minimum absolute atomic E-state index is 0.0309. The van der Waals surface area contributed by atoms with Gasteiger partial charge in [-0.1, -0.05) is 24.4 Å². The van der Waals surface area contributed by atoms with E-state index in [0.717, 1.165) is 11.3 Å². The van der Waals surface area contributed by atoms with Gasteiger partial charge in [-0.3, -0.25) is 4.79 Å². The van der Waals surface area contributed by atoms with Gasteiger partial charge in [0.25, 0.3) is 0 Å². The van der Waals surface area contributed by atoms with Crippen molar-refractivity contribution >= 4 is 28.8 Å². The Labute approximate surface area is 119 Å². The Balaban J connectivity index is 2.69. The molecule has 0 aliphatic carbocycles. The van der Waals surface area contributed by atoms with Gasteiger partial charge in [0, 0.05) is 32.2 Å². The van der Waals surface area contributed by atoms with Crippen LogP contribution in [0, 0.1) is 0 Å². The summed E-state index contributed by atoms with van der Waals surface area (Å²) in [5.41, 5.74) is 7.13. The number of ether oxygens (including phenoxy) is 1. The van der Waals surface area contributed by atoms with E-state index in [-0.39, 0.29) is 5.91 Å². The molecule has 0 saturated carbocycles. The maximum Gasteiger partial charge on any atom is 0.226 e. The number of nitrogens with two attached hydrogens (primary N) is 1. The van der Waals surface area contributed by atoms with Crippen LogP contribution < -0.4 is 10.6 Å². The number of benzene rings is 1. The molecule has 1 amide bonds. The smallest absolute Gasteiger partial charge is 0.226 e. The monoisotopic (exact) mass is 280 g/mol. The van der Waals surface area contributed by atoms with E-state index in [1.165, 1.54) is 0 Å². The minimum Gasteiger partial charge on any atom is -0.389 e. The Hall–Kier alpha value is -1.46. The third-order valence-corrected chi connectivity index (χ3v) is 3.01. The number of hydrogen-bond acceptors (Lipinski definition) is 3. The van der Waals surface area contributed by atoms with Gasteiger partial charge in [-0.25, -0.2) is 0 Å². The summed E-state index contributed by atoms with van der Waals surface area (Å²) in [5.74, 6) is 0.0309. The SMILES string of the molecule is CCOCCCC(=O)N(C)c1ccccc1C(N)=S. The lowest BCUT2D eigenvalue weighted by molar-refractivity contribution is -0.118. The molecule has 0 saturated heterocycles. The highest BCUT2D eigenvalue weighted by atomic mass is 32.1. The molecule has 0 atom stereocenters. The molecular formula is C14H20N2O2S. The van der Waals surface area contributed by atoms with Crippen molar-refractivity contribution in [2.45, 2.75) is 19.8 Å². The second-order valence-corrected chi connectivity index (χ2v) is 4.57. The first-order chi connectivity index (χ1) is 9.07. The molecule has 0 radical (unpaired) electrons. The molecule has 0 heterocycles. The molecule has 19 heavy (non-hydrogen) atoms. The molecule has 104 valence electrons. The van der Waals surface area contributed by atoms with E-state index in [4.69, 9.17) is 22.7 Å². The molecule has 5 heteroatoms. The van der Waals surface area contributed by atoms with Crippen LogP contribution in [0.5, 0.6) is 0 Å². The second-order valence-electron chi connectivity index (χ2n) is 4.13. The molecule has 0 fully saturated rings. The van der Waals surface area contributed by atoms with Crippen molar-refractivity contribution in [3.63, 3.8) is 0 Å². The Bertz CT molecular complexity index is 449. The predicted octanol–water partition coefficient (Wildman–Crippen LogP) is 2.10. The zero-order valence-corrected chi connectivity index (χ0v) is 12.2. The van der Waals surface area contributed by atoms with Crippen molar-refractivity contribution in [1.82, 2.24) is 0 Å². The number of para-hydroxylation sites is 1. The predicted molar refractivity (Wildman–Crippen MR) is 81.5 cm³/mol. The summed E-state index contributed by atoms with van der Waals surface area (Å²) in [6, 6.07) is 7.38. The molecular weight excluding hydrogens is 260 g/mol. The first-order valence-electron chi connectivity index (χ1n) is 6.31. The first kappa shape index (κ1) is 15.6. The van der Waals surface area contributed by atoms with Crippen LogP contribution in [0.15, 0.2) is 24.3 Å². The lowest BCUT2D eigenvalue weighted by atomic mass is 10.1. The molecule has 2 N–H and O–H groups in total. The molecule has 1 aromatic carbocycles. The molecule has 0 bridgehead atoms. The van der Waals surface area contributed by atoms with Crippen LogP contribution >= 0.6 is 12.2 Å². The number of hydrogen-bond donors (Lipinski definition) is 1. The maximum atomic E-state index is 12.1. The van der Waals surface area contributed by atoms with Crippen LogP contribution in [0.25, 0.3) is 0 Å². The lowest BCUT2D eigenvalue weighted by Gasteiger charge is -2.20. The Morgan fingerprint density at radius 1 is 1.42 bits per heavy atom. The highest BCUT2D eigenvalue weighted by molar-refractivity contribution is 7.80. The van der Waals surface area contributed by atoms with Crippen LogP contribution in [0.3, 0.4) is 0 Å². The fourth-order valence-electron chi connectivity index (χ4n) is 1.75. The summed E-state index contributed by atoms with van der Waals surface area (Å²) in [6.07, 6.45) is 1.16. The standard InChI is InChI=1S/C14H20N2O2S/c1-3-18-10-6-9-13(17)16(2)12-8-5-4-7-11(12)14(15)19/h4-5,7-8H,3,6,9-10H2,1-2H3,(H2,15,19). The van der Waals surface area contributed by atoms with E-state index in [1.807, 2.05) is 31.2 Å². The number of rotatable bonds is 7. The van der Waals surface area contributed by atoms with E-state index in [9.17, 15) is 4.79 Å². The molecule has 1 aromatic rings. The minimum atomic E-state index is 0.0309. The summed E-state index contributed by atoms with van der Waals surface area (Å²) in [7, 11) is 1.74. The number of carbonyl (C=O) groups is 1. The quantitative estimate of drug-likeness (QED) is 0.614. The van der Waals surface area contributed by atoms with Gasteiger partial charge in [0.05, 0.1) is 5.69 Å². The van der Waals surface area contributed by atoms with E-state index in [2.05, 4.69) is 0 Å². The van der Waals surface area contributed by atoms with Crippen molar-refractivity contribution in [3.05, 3.63) is 29.8 Å². The van der Waals surface area contributed by atoms with Gasteiger partial charge in [-0.15, -0.1) is 0 Å². The summed E-state index contributed by atoms with van der Waals surface area (Å²) in [4.78, 5) is 14.0. The molecule has 4 nitrogen and oxygen atoms in total. The molecule has 0 aliphatic heterocycles. The van der Waals surface area contributed by atoms with Gasteiger partial charge < -0.3 is 15.4 Å². The van der Waals surface area contributed by atoms with Crippen LogP contribution in [0.1, 0.15) is 25.3 Å². The number of carbonyl (C=O) groups excluding carboxylic acids is 1. The van der Waals surface area contributed by atoms with Crippen molar-refractivity contribution in [1.29, 1.82) is 0 Å². The van der Waals surface area contributed by atoms with Gasteiger partial charge in [-0.05, 0) is 25.5 Å². The third-order valence-electron chi connectivity index (χ3n) is 2.79. The largest absolute Gasteiger partial charge is 0.389 e. The highest BCUT2D eigenvalue weighted by Crippen LogP contribution is 2.20. The van der Waals surface area contributed by atoms with E-state index in [0.29, 0.717) is 31.0 Å². The van der Waals surface area contributed by atoms with Crippen LogP contribution in [-0.2, 0) is 9.53 Å². The molecule has 0 spiro atoms.